The van der Waals surface area contributed by atoms with Gasteiger partial charge in [0.25, 0.3) is 5.56 Å². The van der Waals surface area contributed by atoms with Crippen molar-refractivity contribution in [3.8, 4) is 0 Å². The van der Waals surface area contributed by atoms with Gasteiger partial charge >= 0.3 is 5.69 Å². The van der Waals surface area contributed by atoms with Gasteiger partial charge in [0.2, 0.25) is 5.95 Å². The van der Waals surface area contributed by atoms with Crippen LogP contribution in [0, 0.1) is 5.92 Å². The second kappa shape index (κ2) is 9.00. The molecule has 1 saturated heterocycles. The van der Waals surface area contributed by atoms with Crippen molar-refractivity contribution < 1.29 is 0 Å². The summed E-state index contributed by atoms with van der Waals surface area (Å²) in [5.41, 5.74) is 1.42. The third kappa shape index (κ3) is 4.62. The number of aromatic nitrogens is 4. The molecule has 0 saturated carbocycles. The summed E-state index contributed by atoms with van der Waals surface area (Å²) >= 11 is 3.49. The number of anilines is 1. The van der Waals surface area contributed by atoms with E-state index in [-0.39, 0.29) is 5.56 Å². The van der Waals surface area contributed by atoms with Crippen LogP contribution in [0.5, 0.6) is 0 Å². The van der Waals surface area contributed by atoms with Crippen LogP contribution in [-0.4, -0.2) is 50.2 Å². The first-order chi connectivity index (χ1) is 14.8. The van der Waals surface area contributed by atoms with Crippen molar-refractivity contribution in [1.82, 2.24) is 24.0 Å². The molecule has 9 heteroatoms. The summed E-state index contributed by atoms with van der Waals surface area (Å²) in [7, 11) is 1.65. The molecule has 1 N–H and O–H groups in total. The zero-order chi connectivity index (χ0) is 22.1. The van der Waals surface area contributed by atoms with Crippen LogP contribution in [0.4, 0.5) is 5.95 Å². The molecule has 1 aliphatic rings. The highest BCUT2D eigenvalue weighted by Crippen LogP contribution is 2.23. The number of halogens is 1. The number of fused-ring (bicyclic) bond motifs is 1. The fourth-order valence-electron chi connectivity index (χ4n) is 4.02. The Morgan fingerprint density at radius 2 is 1.77 bits per heavy atom. The number of aromatic amines is 1. The lowest BCUT2D eigenvalue weighted by molar-refractivity contribution is 0.248. The highest BCUT2D eigenvalue weighted by molar-refractivity contribution is 9.10. The SMILES string of the molecule is CC(C)CCn1c(N2CCN(Cc3ccc(Br)cc3)CC2)nc2c1c(=O)[nH]c(=O)n2C. The Balaban J connectivity index is 1.59. The molecule has 0 unspecified atom stereocenters. The Morgan fingerprint density at radius 1 is 1.10 bits per heavy atom. The zero-order valence-electron chi connectivity index (χ0n) is 18.3. The molecule has 0 atom stereocenters. The van der Waals surface area contributed by atoms with Gasteiger partial charge in [0.05, 0.1) is 0 Å². The van der Waals surface area contributed by atoms with Gasteiger partial charge in [0.15, 0.2) is 11.2 Å². The van der Waals surface area contributed by atoms with E-state index >= 15 is 0 Å². The number of hydrogen-bond acceptors (Lipinski definition) is 5. The van der Waals surface area contributed by atoms with Crippen LogP contribution < -0.4 is 16.1 Å². The molecule has 0 bridgehead atoms. The lowest BCUT2D eigenvalue weighted by Crippen LogP contribution is -2.46. The minimum Gasteiger partial charge on any atom is -0.340 e. The van der Waals surface area contributed by atoms with Gasteiger partial charge in [-0.25, -0.2) is 4.79 Å². The molecular formula is C22H29BrN6O2. The van der Waals surface area contributed by atoms with Gasteiger partial charge in [0, 0.05) is 50.8 Å². The number of nitrogens with zero attached hydrogens (tertiary/aromatic N) is 5. The molecule has 166 valence electrons. The summed E-state index contributed by atoms with van der Waals surface area (Å²) in [5, 5.41) is 0. The Kier molecular flexibility index (Phi) is 6.34. The van der Waals surface area contributed by atoms with E-state index in [0.29, 0.717) is 23.6 Å². The molecule has 31 heavy (non-hydrogen) atoms. The summed E-state index contributed by atoms with van der Waals surface area (Å²) in [6.45, 7) is 9.43. The number of benzene rings is 1. The lowest BCUT2D eigenvalue weighted by Gasteiger charge is -2.35. The first-order valence-corrected chi connectivity index (χ1v) is 11.5. The fourth-order valence-corrected chi connectivity index (χ4v) is 4.28. The van der Waals surface area contributed by atoms with E-state index in [1.807, 2.05) is 4.57 Å². The fraction of sp³-hybridized carbons (Fsp3) is 0.500. The van der Waals surface area contributed by atoms with E-state index in [0.717, 1.165) is 49.6 Å². The van der Waals surface area contributed by atoms with Crippen LogP contribution in [0.1, 0.15) is 25.8 Å². The summed E-state index contributed by atoms with van der Waals surface area (Å²) < 4.78 is 4.51. The second-order valence-corrected chi connectivity index (χ2v) is 9.54. The molecule has 4 rings (SSSR count). The van der Waals surface area contributed by atoms with Crippen molar-refractivity contribution >= 4 is 33.0 Å². The van der Waals surface area contributed by atoms with E-state index in [1.54, 1.807) is 7.05 Å². The Morgan fingerprint density at radius 3 is 2.42 bits per heavy atom. The maximum Gasteiger partial charge on any atom is 0.329 e. The molecular weight excluding hydrogens is 460 g/mol. The molecule has 1 aliphatic heterocycles. The Labute approximate surface area is 189 Å². The maximum atomic E-state index is 12.6. The molecule has 1 fully saturated rings. The maximum absolute atomic E-state index is 12.6. The minimum absolute atomic E-state index is 0.366. The van der Waals surface area contributed by atoms with E-state index < -0.39 is 5.69 Å². The summed E-state index contributed by atoms with van der Waals surface area (Å²) in [5.74, 6) is 1.28. The van der Waals surface area contributed by atoms with Gasteiger partial charge in [-0.15, -0.1) is 0 Å². The van der Waals surface area contributed by atoms with Crippen molar-refractivity contribution in [3.63, 3.8) is 0 Å². The van der Waals surface area contributed by atoms with Gasteiger partial charge in [-0.05, 0) is 30.0 Å². The average molecular weight is 489 g/mol. The van der Waals surface area contributed by atoms with E-state index in [4.69, 9.17) is 4.98 Å². The summed E-state index contributed by atoms with van der Waals surface area (Å²) in [4.78, 5) is 36.6. The molecule has 2 aromatic heterocycles. The van der Waals surface area contributed by atoms with E-state index in [9.17, 15) is 9.59 Å². The van der Waals surface area contributed by atoms with Crippen LogP contribution in [0.2, 0.25) is 0 Å². The molecule has 8 nitrogen and oxygen atoms in total. The molecule has 3 aromatic rings. The second-order valence-electron chi connectivity index (χ2n) is 8.63. The minimum atomic E-state index is -0.433. The average Bonchev–Trinajstić information content (AvgIpc) is 3.13. The van der Waals surface area contributed by atoms with Crippen LogP contribution in [0.3, 0.4) is 0 Å². The number of piperazine rings is 1. The highest BCUT2D eigenvalue weighted by Gasteiger charge is 2.25. The number of aryl methyl sites for hydroxylation is 2. The third-order valence-electron chi connectivity index (χ3n) is 5.89. The van der Waals surface area contributed by atoms with Crippen molar-refractivity contribution in [2.75, 3.05) is 31.1 Å². The number of rotatable bonds is 6. The summed E-state index contributed by atoms with van der Waals surface area (Å²) in [6, 6.07) is 8.44. The first-order valence-electron chi connectivity index (χ1n) is 10.7. The van der Waals surface area contributed by atoms with Crippen molar-refractivity contribution in [1.29, 1.82) is 0 Å². The summed E-state index contributed by atoms with van der Waals surface area (Å²) in [6.07, 6.45) is 0.935. The van der Waals surface area contributed by atoms with E-state index in [1.165, 1.54) is 10.1 Å². The van der Waals surface area contributed by atoms with Gasteiger partial charge in [-0.2, -0.15) is 4.98 Å². The smallest absolute Gasteiger partial charge is 0.329 e. The molecule has 0 amide bonds. The molecule has 1 aromatic carbocycles. The molecule has 0 radical (unpaired) electrons. The van der Waals surface area contributed by atoms with Gasteiger partial charge < -0.3 is 9.47 Å². The molecule has 0 spiro atoms. The first kappa shape index (κ1) is 21.8. The largest absolute Gasteiger partial charge is 0.340 e. The van der Waals surface area contributed by atoms with Gasteiger partial charge in [-0.1, -0.05) is 41.9 Å². The number of nitrogens with one attached hydrogen (secondary N) is 1. The van der Waals surface area contributed by atoms with Crippen LogP contribution in [0.25, 0.3) is 11.2 Å². The van der Waals surface area contributed by atoms with Crippen LogP contribution in [0.15, 0.2) is 38.3 Å². The Hall–Kier alpha value is -2.39. The van der Waals surface area contributed by atoms with Crippen LogP contribution in [-0.2, 0) is 20.1 Å². The quantitative estimate of drug-likeness (QED) is 0.576. The number of H-pyrrole nitrogens is 1. The normalized spacial score (nSPS) is 15.3. The Bertz CT molecular complexity index is 1170. The lowest BCUT2D eigenvalue weighted by atomic mass is 10.1. The zero-order valence-corrected chi connectivity index (χ0v) is 19.9. The third-order valence-corrected chi connectivity index (χ3v) is 6.42. The molecule has 0 aliphatic carbocycles. The van der Waals surface area contributed by atoms with Crippen molar-refractivity contribution in [2.45, 2.75) is 33.4 Å². The number of hydrogen-bond donors (Lipinski definition) is 1. The van der Waals surface area contributed by atoms with Crippen molar-refractivity contribution in [3.05, 3.63) is 55.1 Å². The predicted molar refractivity (Wildman–Crippen MR) is 127 cm³/mol. The topological polar surface area (TPSA) is 79.2 Å². The van der Waals surface area contributed by atoms with Crippen LogP contribution >= 0.6 is 15.9 Å². The van der Waals surface area contributed by atoms with Gasteiger partial charge in [0.1, 0.15) is 0 Å². The predicted octanol–water partition coefficient (Wildman–Crippen LogP) is 2.55. The monoisotopic (exact) mass is 488 g/mol. The van der Waals surface area contributed by atoms with E-state index in [2.05, 4.69) is 68.8 Å². The number of imidazole rings is 1. The molecule has 3 heterocycles. The van der Waals surface area contributed by atoms with Crippen molar-refractivity contribution in [2.24, 2.45) is 13.0 Å². The highest BCUT2D eigenvalue weighted by atomic mass is 79.9. The standard InChI is InChI=1S/C22H29BrN6O2/c1-15(2)8-9-29-18-19(26(3)22(31)25-20(18)30)24-21(29)28-12-10-27(11-13-28)14-16-4-6-17(23)7-5-16/h4-7,15H,8-14H2,1-3H3,(H,25,30,31). The van der Waals surface area contributed by atoms with Gasteiger partial charge in [-0.3, -0.25) is 19.2 Å².